The summed E-state index contributed by atoms with van der Waals surface area (Å²) in [5.74, 6) is -1.56. The lowest BCUT2D eigenvalue weighted by atomic mass is 10.5. The summed E-state index contributed by atoms with van der Waals surface area (Å²) in [6, 6.07) is 2.87. The molecule has 0 saturated carbocycles. The number of halogens is 1. The Morgan fingerprint density at radius 3 is 2.69 bits per heavy atom. The standard InChI is InChI=1S/C8H9ClN2O4S/c9-6-1-2-7(10-5-6)11-16(14,15)4-3-8(12)13/h1-2,5H,3-4H2,(H,10,11)(H,12,13). The van der Waals surface area contributed by atoms with Crippen LogP contribution in [0.3, 0.4) is 0 Å². The Morgan fingerprint density at radius 1 is 1.50 bits per heavy atom. The molecule has 88 valence electrons. The molecular weight excluding hydrogens is 256 g/mol. The maximum absolute atomic E-state index is 11.3. The molecule has 0 atom stereocenters. The van der Waals surface area contributed by atoms with E-state index < -0.39 is 28.2 Å². The van der Waals surface area contributed by atoms with Gasteiger partial charge in [-0.2, -0.15) is 0 Å². The van der Waals surface area contributed by atoms with Gasteiger partial charge >= 0.3 is 5.97 Å². The highest BCUT2D eigenvalue weighted by Crippen LogP contribution is 2.11. The van der Waals surface area contributed by atoms with Gasteiger partial charge in [0, 0.05) is 6.20 Å². The number of carboxylic acids is 1. The second-order valence-corrected chi connectivity index (χ2v) is 5.20. The second-order valence-electron chi connectivity index (χ2n) is 2.93. The number of sulfonamides is 1. The van der Waals surface area contributed by atoms with Crippen LogP contribution in [0.4, 0.5) is 5.82 Å². The first-order valence-corrected chi connectivity index (χ1v) is 6.26. The van der Waals surface area contributed by atoms with E-state index >= 15 is 0 Å². The molecule has 16 heavy (non-hydrogen) atoms. The third kappa shape index (κ3) is 4.45. The van der Waals surface area contributed by atoms with Crippen molar-refractivity contribution >= 4 is 33.4 Å². The molecule has 1 aromatic rings. The molecule has 1 heterocycles. The van der Waals surface area contributed by atoms with Gasteiger partial charge in [-0.25, -0.2) is 13.4 Å². The zero-order valence-corrected chi connectivity index (χ0v) is 9.62. The highest BCUT2D eigenvalue weighted by Gasteiger charge is 2.13. The van der Waals surface area contributed by atoms with Crippen molar-refractivity contribution in [3.63, 3.8) is 0 Å². The summed E-state index contributed by atoms with van der Waals surface area (Å²) in [6.07, 6.45) is 0.833. The molecule has 0 saturated heterocycles. The van der Waals surface area contributed by atoms with E-state index in [0.29, 0.717) is 5.02 Å². The summed E-state index contributed by atoms with van der Waals surface area (Å²) in [4.78, 5) is 13.9. The fourth-order valence-corrected chi connectivity index (χ4v) is 1.96. The topological polar surface area (TPSA) is 96.4 Å². The fraction of sp³-hybridized carbons (Fsp3) is 0.250. The predicted octanol–water partition coefficient (Wildman–Crippen LogP) is 0.951. The van der Waals surface area contributed by atoms with E-state index in [0.717, 1.165) is 0 Å². The molecule has 0 aliphatic heterocycles. The van der Waals surface area contributed by atoms with Crippen molar-refractivity contribution in [1.82, 2.24) is 4.98 Å². The van der Waals surface area contributed by atoms with Crippen LogP contribution >= 0.6 is 11.6 Å². The Kier molecular flexibility index (Phi) is 4.08. The van der Waals surface area contributed by atoms with Crippen molar-refractivity contribution in [3.8, 4) is 0 Å². The zero-order valence-electron chi connectivity index (χ0n) is 8.05. The van der Waals surface area contributed by atoms with E-state index in [4.69, 9.17) is 16.7 Å². The Hall–Kier alpha value is -1.34. The van der Waals surface area contributed by atoms with Crippen molar-refractivity contribution in [3.05, 3.63) is 23.4 Å². The van der Waals surface area contributed by atoms with Crippen LogP contribution in [0.15, 0.2) is 18.3 Å². The van der Waals surface area contributed by atoms with Gasteiger partial charge in [0.2, 0.25) is 10.0 Å². The minimum Gasteiger partial charge on any atom is -0.481 e. The zero-order chi connectivity index (χ0) is 12.2. The first-order chi connectivity index (χ1) is 7.39. The van der Waals surface area contributed by atoms with Gasteiger partial charge in [0.25, 0.3) is 0 Å². The number of hydrogen-bond donors (Lipinski definition) is 2. The van der Waals surface area contributed by atoms with Crippen molar-refractivity contribution in [2.75, 3.05) is 10.5 Å². The van der Waals surface area contributed by atoms with Gasteiger partial charge in [-0.05, 0) is 12.1 Å². The Morgan fingerprint density at radius 2 is 2.19 bits per heavy atom. The number of nitrogens with one attached hydrogen (secondary N) is 1. The number of aliphatic carboxylic acids is 1. The fourth-order valence-electron chi connectivity index (χ4n) is 0.868. The van der Waals surface area contributed by atoms with E-state index in [1.165, 1.54) is 18.3 Å². The molecule has 8 heteroatoms. The van der Waals surface area contributed by atoms with Gasteiger partial charge in [0.15, 0.2) is 0 Å². The average molecular weight is 265 g/mol. The average Bonchev–Trinajstić information content (AvgIpc) is 2.19. The highest BCUT2D eigenvalue weighted by atomic mass is 35.5. The van der Waals surface area contributed by atoms with Crippen LogP contribution in [0, 0.1) is 0 Å². The highest BCUT2D eigenvalue weighted by molar-refractivity contribution is 7.92. The molecule has 0 unspecified atom stereocenters. The third-order valence-corrected chi connectivity index (χ3v) is 3.06. The number of pyridine rings is 1. The summed E-state index contributed by atoms with van der Waals surface area (Å²) < 4.78 is 24.8. The molecule has 0 bridgehead atoms. The van der Waals surface area contributed by atoms with Crippen molar-refractivity contribution in [1.29, 1.82) is 0 Å². The van der Waals surface area contributed by atoms with Gasteiger partial charge in [-0.1, -0.05) is 11.6 Å². The lowest BCUT2D eigenvalue weighted by Gasteiger charge is -2.05. The van der Waals surface area contributed by atoms with Crippen molar-refractivity contribution in [2.45, 2.75) is 6.42 Å². The molecule has 0 amide bonds. The van der Waals surface area contributed by atoms with Gasteiger partial charge in [-0.3, -0.25) is 9.52 Å². The quantitative estimate of drug-likeness (QED) is 0.825. The van der Waals surface area contributed by atoms with Gasteiger partial charge in [0.05, 0.1) is 17.2 Å². The van der Waals surface area contributed by atoms with Gasteiger partial charge < -0.3 is 5.11 Å². The molecule has 0 spiro atoms. The molecule has 0 aromatic carbocycles. The molecule has 1 rings (SSSR count). The van der Waals surface area contributed by atoms with E-state index in [-0.39, 0.29) is 5.82 Å². The first kappa shape index (κ1) is 12.7. The molecule has 2 N–H and O–H groups in total. The Labute approximate surface area is 97.3 Å². The van der Waals surface area contributed by atoms with Crippen LogP contribution in [0.1, 0.15) is 6.42 Å². The van der Waals surface area contributed by atoms with E-state index in [9.17, 15) is 13.2 Å². The van der Waals surface area contributed by atoms with Gasteiger partial charge in [-0.15, -0.1) is 0 Å². The van der Waals surface area contributed by atoms with Crippen LogP contribution in [0.25, 0.3) is 0 Å². The van der Waals surface area contributed by atoms with E-state index in [2.05, 4.69) is 9.71 Å². The SMILES string of the molecule is O=C(O)CCS(=O)(=O)Nc1ccc(Cl)cn1. The van der Waals surface area contributed by atoms with E-state index in [1.54, 1.807) is 0 Å². The number of carbonyl (C=O) groups is 1. The Bertz CT molecular complexity index is 471. The molecule has 0 aliphatic rings. The molecule has 0 radical (unpaired) electrons. The predicted molar refractivity (Wildman–Crippen MR) is 58.9 cm³/mol. The summed E-state index contributed by atoms with van der Waals surface area (Å²) in [5.41, 5.74) is 0. The maximum atomic E-state index is 11.3. The smallest absolute Gasteiger partial charge is 0.304 e. The molecule has 0 aliphatic carbocycles. The summed E-state index contributed by atoms with van der Waals surface area (Å²) in [7, 11) is -3.68. The Balaban J connectivity index is 2.65. The summed E-state index contributed by atoms with van der Waals surface area (Å²) in [6.45, 7) is 0. The van der Waals surface area contributed by atoms with Crippen LogP contribution in [0.5, 0.6) is 0 Å². The van der Waals surface area contributed by atoms with Crippen molar-refractivity contribution < 1.29 is 18.3 Å². The molecule has 6 nitrogen and oxygen atoms in total. The first-order valence-electron chi connectivity index (χ1n) is 4.23. The third-order valence-electron chi connectivity index (χ3n) is 1.57. The van der Waals surface area contributed by atoms with Crippen LogP contribution in [0.2, 0.25) is 5.02 Å². The summed E-state index contributed by atoms with van der Waals surface area (Å²) in [5, 5.41) is 8.74. The normalized spacial score (nSPS) is 11.1. The minimum absolute atomic E-state index is 0.106. The van der Waals surface area contributed by atoms with Gasteiger partial charge in [0.1, 0.15) is 5.82 Å². The van der Waals surface area contributed by atoms with E-state index in [1.807, 2.05) is 0 Å². The van der Waals surface area contributed by atoms with Crippen LogP contribution < -0.4 is 4.72 Å². The number of rotatable bonds is 5. The summed E-state index contributed by atoms with van der Waals surface area (Å²) >= 11 is 5.57. The number of anilines is 1. The molecule has 0 fully saturated rings. The maximum Gasteiger partial charge on any atom is 0.304 e. The lowest BCUT2D eigenvalue weighted by Crippen LogP contribution is -2.19. The second kappa shape index (κ2) is 5.13. The number of carboxylic acid groups (broad SMARTS) is 1. The molecular formula is C8H9ClN2O4S. The van der Waals surface area contributed by atoms with Crippen molar-refractivity contribution in [2.24, 2.45) is 0 Å². The molecule has 1 aromatic heterocycles. The minimum atomic E-state index is -3.68. The number of hydrogen-bond acceptors (Lipinski definition) is 4. The monoisotopic (exact) mass is 264 g/mol. The van der Waals surface area contributed by atoms with Crippen LogP contribution in [-0.4, -0.2) is 30.2 Å². The number of aromatic nitrogens is 1. The lowest BCUT2D eigenvalue weighted by molar-refractivity contribution is -0.136. The number of nitrogens with zero attached hydrogens (tertiary/aromatic N) is 1. The van der Waals surface area contributed by atoms with Crippen LogP contribution in [-0.2, 0) is 14.8 Å². The largest absolute Gasteiger partial charge is 0.481 e.